The number of nitrogens with one attached hydrogen (secondary N) is 2. The first-order valence-electron chi connectivity index (χ1n) is 5.51. The molecule has 0 spiro atoms. The third kappa shape index (κ3) is 1.77. The van der Waals surface area contributed by atoms with E-state index in [9.17, 15) is 0 Å². The lowest BCUT2D eigenvalue weighted by Gasteiger charge is -2.37. The summed E-state index contributed by atoms with van der Waals surface area (Å²) in [5.74, 6) is 1.08. The van der Waals surface area contributed by atoms with Crippen LogP contribution in [-0.4, -0.2) is 44.2 Å². The van der Waals surface area contributed by atoms with E-state index in [1.165, 1.54) is 0 Å². The van der Waals surface area contributed by atoms with E-state index in [1.807, 2.05) is 0 Å². The van der Waals surface area contributed by atoms with Gasteiger partial charge >= 0.3 is 0 Å². The molecule has 2 heterocycles. The van der Waals surface area contributed by atoms with Gasteiger partial charge in [-0.3, -0.25) is 4.99 Å². The molecule has 0 radical (unpaired) electrons. The first-order valence-corrected chi connectivity index (χ1v) is 5.51. The van der Waals surface area contributed by atoms with Gasteiger partial charge in [0.1, 0.15) is 11.4 Å². The molecule has 4 nitrogen and oxygen atoms in total. The molecule has 2 aliphatic heterocycles. The first kappa shape index (κ1) is 9.93. The zero-order chi connectivity index (χ0) is 9.86. The van der Waals surface area contributed by atoms with Crippen molar-refractivity contribution in [3.63, 3.8) is 0 Å². The molecule has 0 amide bonds. The third-order valence-corrected chi connectivity index (χ3v) is 2.94. The molecular weight excluding hydrogens is 178 g/mol. The quantitative estimate of drug-likeness (QED) is 0.677. The van der Waals surface area contributed by atoms with Crippen LogP contribution >= 0.6 is 0 Å². The molecule has 80 valence electrons. The number of ether oxygens (including phenoxy) is 1. The maximum absolute atomic E-state index is 5.92. The van der Waals surface area contributed by atoms with E-state index in [-0.39, 0.29) is 5.60 Å². The molecule has 1 saturated heterocycles. The highest BCUT2D eigenvalue weighted by Gasteiger charge is 2.39. The molecular formula is C10H19N3O. The van der Waals surface area contributed by atoms with Gasteiger partial charge in [0.25, 0.3) is 0 Å². The van der Waals surface area contributed by atoms with Crippen molar-refractivity contribution in [2.45, 2.75) is 25.4 Å². The van der Waals surface area contributed by atoms with Crippen molar-refractivity contribution in [1.29, 1.82) is 0 Å². The molecule has 14 heavy (non-hydrogen) atoms. The van der Waals surface area contributed by atoms with Crippen molar-refractivity contribution >= 4 is 5.84 Å². The van der Waals surface area contributed by atoms with Crippen molar-refractivity contribution in [2.24, 2.45) is 4.99 Å². The average Bonchev–Trinajstić information content (AvgIpc) is 2.73. The van der Waals surface area contributed by atoms with Crippen LogP contribution in [0.1, 0.15) is 19.8 Å². The summed E-state index contributed by atoms with van der Waals surface area (Å²) < 4.78 is 5.92. The SMILES string of the molecule is CCOC1(C2=NCCN2)CCNCC1. The predicted octanol–water partition coefficient (Wildman–Crippen LogP) is 0.147. The van der Waals surface area contributed by atoms with Gasteiger partial charge in [-0.2, -0.15) is 0 Å². The van der Waals surface area contributed by atoms with Crippen molar-refractivity contribution < 1.29 is 4.74 Å². The Balaban J connectivity index is 2.11. The summed E-state index contributed by atoms with van der Waals surface area (Å²) in [4.78, 5) is 4.50. The molecule has 0 saturated carbocycles. The molecule has 1 fully saturated rings. The van der Waals surface area contributed by atoms with Crippen molar-refractivity contribution in [3.8, 4) is 0 Å². The summed E-state index contributed by atoms with van der Waals surface area (Å²) in [5.41, 5.74) is -0.115. The van der Waals surface area contributed by atoms with Gasteiger partial charge in [-0.25, -0.2) is 0 Å². The van der Waals surface area contributed by atoms with Crippen LogP contribution in [0.25, 0.3) is 0 Å². The van der Waals surface area contributed by atoms with Gasteiger partial charge in [0.05, 0.1) is 6.54 Å². The molecule has 0 unspecified atom stereocenters. The molecule has 0 atom stereocenters. The number of aliphatic imine (C=N–C) groups is 1. The summed E-state index contributed by atoms with van der Waals surface area (Å²) >= 11 is 0. The molecule has 2 aliphatic rings. The summed E-state index contributed by atoms with van der Waals surface area (Å²) in [6.45, 7) is 6.75. The molecule has 4 heteroatoms. The van der Waals surface area contributed by atoms with Crippen LogP contribution in [0.3, 0.4) is 0 Å². The van der Waals surface area contributed by atoms with E-state index in [2.05, 4.69) is 22.5 Å². The summed E-state index contributed by atoms with van der Waals surface area (Å²) in [5, 5.41) is 6.71. The van der Waals surface area contributed by atoms with Crippen molar-refractivity contribution in [1.82, 2.24) is 10.6 Å². The van der Waals surface area contributed by atoms with Crippen molar-refractivity contribution in [2.75, 3.05) is 32.8 Å². The highest BCUT2D eigenvalue weighted by molar-refractivity contribution is 5.92. The second-order valence-electron chi connectivity index (χ2n) is 3.83. The Bertz CT molecular complexity index is 216. The minimum atomic E-state index is -0.115. The molecule has 2 N–H and O–H groups in total. The van der Waals surface area contributed by atoms with Gasteiger partial charge < -0.3 is 15.4 Å². The number of rotatable bonds is 3. The lowest BCUT2D eigenvalue weighted by molar-refractivity contribution is -0.00799. The zero-order valence-electron chi connectivity index (χ0n) is 8.81. The van der Waals surface area contributed by atoms with Crippen LogP contribution < -0.4 is 10.6 Å². The Kier molecular flexibility index (Phi) is 3.03. The van der Waals surface area contributed by atoms with Gasteiger partial charge in [0, 0.05) is 13.2 Å². The number of nitrogens with zero attached hydrogens (tertiary/aromatic N) is 1. The summed E-state index contributed by atoms with van der Waals surface area (Å²) in [6.07, 6.45) is 2.07. The standard InChI is InChI=1S/C10H19N3O/c1-2-14-10(3-5-11-6-4-10)9-12-7-8-13-9/h11H,2-8H2,1H3,(H,12,13). The average molecular weight is 197 g/mol. The maximum atomic E-state index is 5.92. The van der Waals surface area contributed by atoms with Gasteiger partial charge in [0.15, 0.2) is 0 Å². The Morgan fingerprint density at radius 1 is 1.36 bits per heavy atom. The highest BCUT2D eigenvalue weighted by Crippen LogP contribution is 2.25. The Morgan fingerprint density at radius 2 is 2.14 bits per heavy atom. The van der Waals surface area contributed by atoms with E-state index in [4.69, 9.17) is 4.74 Å². The lowest BCUT2D eigenvalue weighted by Crippen LogP contribution is -2.53. The minimum Gasteiger partial charge on any atom is -0.370 e. The van der Waals surface area contributed by atoms with E-state index < -0.39 is 0 Å². The van der Waals surface area contributed by atoms with E-state index in [1.54, 1.807) is 0 Å². The monoisotopic (exact) mass is 197 g/mol. The number of amidine groups is 1. The molecule has 0 aromatic carbocycles. The molecule has 0 bridgehead atoms. The first-order chi connectivity index (χ1) is 6.87. The third-order valence-electron chi connectivity index (χ3n) is 2.94. The summed E-state index contributed by atoms with van der Waals surface area (Å²) in [6, 6.07) is 0. The normalized spacial score (nSPS) is 25.6. The Morgan fingerprint density at radius 3 is 2.71 bits per heavy atom. The molecule has 0 aliphatic carbocycles. The van der Waals surface area contributed by atoms with Gasteiger partial charge in [-0.1, -0.05) is 0 Å². The Hall–Kier alpha value is -0.610. The summed E-state index contributed by atoms with van der Waals surface area (Å²) in [7, 11) is 0. The minimum absolute atomic E-state index is 0.115. The number of piperidine rings is 1. The predicted molar refractivity (Wildman–Crippen MR) is 56.8 cm³/mol. The van der Waals surface area contributed by atoms with Crippen LogP contribution in [0.4, 0.5) is 0 Å². The fraction of sp³-hybridized carbons (Fsp3) is 0.900. The fourth-order valence-corrected chi connectivity index (χ4v) is 2.26. The molecule has 2 rings (SSSR count). The van der Waals surface area contributed by atoms with E-state index in [0.29, 0.717) is 0 Å². The smallest absolute Gasteiger partial charge is 0.129 e. The largest absolute Gasteiger partial charge is 0.370 e. The Labute approximate surface area is 85.1 Å². The number of hydrogen-bond acceptors (Lipinski definition) is 4. The topological polar surface area (TPSA) is 45.6 Å². The second-order valence-corrected chi connectivity index (χ2v) is 3.83. The second kappa shape index (κ2) is 4.28. The van der Waals surface area contributed by atoms with Crippen molar-refractivity contribution in [3.05, 3.63) is 0 Å². The fourth-order valence-electron chi connectivity index (χ4n) is 2.26. The van der Waals surface area contributed by atoms with Crippen LogP contribution in [0.5, 0.6) is 0 Å². The van der Waals surface area contributed by atoms with Crippen LogP contribution in [0.15, 0.2) is 4.99 Å². The molecule has 0 aromatic rings. The van der Waals surface area contributed by atoms with Gasteiger partial charge in [-0.15, -0.1) is 0 Å². The van der Waals surface area contributed by atoms with Gasteiger partial charge in [-0.05, 0) is 32.9 Å². The lowest BCUT2D eigenvalue weighted by atomic mass is 9.90. The van der Waals surface area contributed by atoms with Crippen LogP contribution in [0.2, 0.25) is 0 Å². The molecule has 0 aromatic heterocycles. The van der Waals surface area contributed by atoms with E-state index >= 15 is 0 Å². The number of hydrogen-bond donors (Lipinski definition) is 2. The highest BCUT2D eigenvalue weighted by atomic mass is 16.5. The van der Waals surface area contributed by atoms with Crippen LogP contribution in [0, 0.1) is 0 Å². The maximum Gasteiger partial charge on any atom is 0.129 e. The zero-order valence-corrected chi connectivity index (χ0v) is 8.81. The van der Waals surface area contributed by atoms with Crippen LogP contribution in [-0.2, 0) is 4.74 Å². The van der Waals surface area contributed by atoms with Gasteiger partial charge in [0.2, 0.25) is 0 Å². The van der Waals surface area contributed by atoms with E-state index in [0.717, 1.165) is 51.5 Å².